The second kappa shape index (κ2) is 12.0. The molecule has 0 aliphatic heterocycles. The highest BCUT2D eigenvalue weighted by Crippen LogP contribution is 2.36. The number of ketones is 1. The number of nitrogens with zero attached hydrogens (tertiary/aromatic N) is 3. The fraction of sp³-hybridized carbons (Fsp3) is 0.483. The molecule has 0 aliphatic carbocycles. The fourth-order valence-electron chi connectivity index (χ4n) is 4.19. The predicted octanol–water partition coefficient (Wildman–Crippen LogP) is 6.30. The van der Waals surface area contributed by atoms with Crippen molar-refractivity contribution in [3.63, 3.8) is 0 Å². The van der Waals surface area contributed by atoms with Crippen LogP contribution in [0.15, 0.2) is 22.7 Å². The zero-order valence-corrected chi connectivity index (χ0v) is 25.4. The maximum atomic E-state index is 15.7. The average molecular weight is 590 g/mol. The molecule has 0 atom stereocenters. The van der Waals surface area contributed by atoms with E-state index in [2.05, 4.69) is 36.3 Å². The highest BCUT2D eigenvalue weighted by molar-refractivity contribution is 6.32. The molecule has 0 spiro atoms. The third kappa shape index (κ3) is 8.16. The molecule has 3 aromatic rings. The van der Waals surface area contributed by atoms with Gasteiger partial charge in [-0.05, 0) is 58.1 Å². The topological polar surface area (TPSA) is 142 Å². The zero-order chi connectivity index (χ0) is 30.9. The summed E-state index contributed by atoms with van der Waals surface area (Å²) in [7, 11) is 0. The van der Waals surface area contributed by atoms with Crippen molar-refractivity contribution in [3.05, 3.63) is 51.6 Å². The molecule has 0 unspecified atom stereocenters. The van der Waals surface area contributed by atoms with Gasteiger partial charge in [0, 0.05) is 24.1 Å². The first-order valence-corrected chi connectivity index (χ1v) is 13.6. The molecular weight excluding hydrogens is 553 g/mol. The van der Waals surface area contributed by atoms with Gasteiger partial charge in [-0.3, -0.25) is 14.9 Å². The minimum absolute atomic E-state index is 0.0108. The van der Waals surface area contributed by atoms with Gasteiger partial charge in [-0.2, -0.15) is 5.10 Å². The lowest BCUT2D eigenvalue weighted by atomic mass is 9.90. The lowest BCUT2D eigenvalue weighted by Crippen LogP contribution is -2.29. The number of primary amides is 1. The highest BCUT2D eigenvalue weighted by atomic mass is 35.5. The van der Waals surface area contributed by atoms with Gasteiger partial charge in [-0.15, -0.1) is 0 Å². The molecule has 2 aromatic heterocycles. The van der Waals surface area contributed by atoms with Gasteiger partial charge in [0.05, 0.1) is 17.1 Å². The van der Waals surface area contributed by atoms with Gasteiger partial charge in [-0.1, -0.05) is 43.6 Å². The van der Waals surface area contributed by atoms with E-state index in [0.717, 1.165) is 5.69 Å². The Labute approximate surface area is 243 Å². The molecule has 2 amide bonds. The molecular formula is C29H37ClFN5O5. The number of benzene rings is 1. The summed E-state index contributed by atoms with van der Waals surface area (Å²) >= 11 is 6.37. The Balaban J connectivity index is 1.91. The monoisotopic (exact) mass is 589 g/mol. The first-order chi connectivity index (χ1) is 18.9. The number of anilines is 1. The van der Waals surface area contributed by atoms with E-state index in [1.54, 1.807) is 40.7 Å². The van der Waals surface area contributed by atoms with Crippen molar-refractivity contribution in [1.29, 1.82) is 0 Å². The molecule has 0 bridgehead atoms. The Morgan fingerprint density at radius 1 is 1.15 bits per heavy atom. The van der Waals surface area contributed by atoms with E-state index in [-0.39, 0.29) is 63.3 Å². The average Bonchev–Trinajstić information content (AvgIpc) is 3.38. The maximum absolute atomic E-state index is 15.7. The van der Waals surface area contributed by atoms with Gasteiger partial charge in [0.1, 0.15) is 34.2 Å². The first-order valence-electron chi connectivity index (χ1n) is 13.2. The molecule has 222 valence electrons. The number of rotatable bonds is 9. The number of nitrogens with one attached hydrogen (secondary N) is 1. The third-order valence-electron chi connectivity index (χ3n) is 5.76. The number of amides is 2. The number of ether oxygens (including phenoxy) is 1. The minimum Gasteiger partial charge on any atom is -0.444 e. The second-order valence-corrected chi connectivity index (χ2v) is 12.8. The van der Waals surface area contributed by atoms with E-state index in [1.807, 2.05) is 0 Å². The van der Waals surface area contributed by atoms with Gasteiger partial charge >= 0.3 is 6.09 Å². The van der Waals surface area contributed by atoms with Gasteiger partial charge in [-0.25, -0.2) is 13.9 Å². The summed E-state index contributed by atoms with van der Waals surface area (Å²) in [5, 5.41) is 10.6. The van der Waals surface area contributed by atoms with Crippen LogP contribution < -0.4 is 11.1 Å². The molecule has 1 aromatic carbocycles. The molecule has 0 saturated heterocycles. The number of aromatic nitrogens is 3. The molecule has 2 heterocycles. The SMILES string of the molecule is CC(C)n1nc(-c2ccc(CC(=O)Cc3cc(CC(C)(C)C)no3)c(Cl)c2F)c(C(N)=O)c1NC(=O)OC(C)(C)C. The summed E-state index contributed by atoms with van der Waals surface area (Å²) in [6.45, 7) is 14.8. The van der Waals surface area contributed by atoms with Crippen LogP contribution in [0, 0.1) is 11.2 Å². The third-order valence-corrected chi connectivity index (χ3v) is 6.17. The smallest absolute Gasteiger partial charge is 0.413 e. The van der Waals surface area contributed by atoms with E-state index >= 15 is 4.39 Å². The van der Waals surface area contributed by atoms with Crippen molar-refractivity contribution < 1.29 is 28.0 Å². The number of hydrogen-bond acceptors (Lipinski definition) is 7. The molecule has 3 rings (SSSR count). The minimum atomic E-state index is -0.939. The van der Waals surface area contributed by atoms with Crippen molar-refractivity contribution in [3.8, 4) is 11.3 Å². The summed E-state index contributed by atoms with van der Waals surface area (Å²) < 4.78 is 27.6. The van der Waals surface area contributed by atoms with Crippen molar-refractivity contribution in [2.45, 2.75) is 86.3 Å². The maximum Gasteiger partial charge on any atom is 0.413 e. The van der Waals surface area contributed by atoms with Crippen LogP contribution in [0.3, 0.4) is 0 Å². The number of hydrogen-bond donors (Lipinski definition) is 2. The molecule has 41 heavy (non-hydrogen) atoms. The molecule has 3 N–H and O–H groups in total. The Morgan fingerprint density at radius 3 is 2.37 bits per heavy atom. The second-order valence-electron chi connectivity index (χ2n) is 12.4. The fourth-order valence-corrected chi connectivity index (χ4v) is 4.43. The van der Waals surface area contributed by atoms with Crippen molar-refractivity contribution in [2.24, 2.45) is 11.1 Å². The van der Waals surface area contributed by atoms with Crippen LogP contribution in [0.25, 0.3) is 11.3 Å². The van der Waals surface area contributed by atoms with Gasteiger partial charge in [0.15, 0.2) is 5.82 Å². The van der Waals surface area contributed by atoms with Crippen LogP contribution >= 0.6 is 11.6 Å². The van der Waals surface area contributed by atoms with Crippen molar-refractivity contribution >= 4 is 35.2 Å². The standard InChI is InChI=1S/C29H37ClFN5O5/c1-15(2)36-26(33-27(39)40-29(6,7)8)21(25(32)38)24(34-36)20-10-9-16(22(30)23(20)31)11-18(37)13-19-12-17(35-41-19)14-28(3,4)5/h9-10,12,15H,11,13-14H2,1-8H3,(H2,32,38)(H,33,39). The first kappa shape index (κ1) is 31.8. The van der Waals surface area contributed by atoms with Gasteiger partial charge < -0.3 is 15.0 Å². The summed E-state index contributed by atoms with van der Waals surface area (Å²) in [6.07, 6.45) is -0.322. The molecule has 0 aliphatic rings. The van der Waals surface area contributed by atoms with E-state index in [0.29, 0.717) is 12.2 Å². The molecule has 0 radical (unpaired) electrons. The lowest BCUT2D eigenvalue weighted by Gasteiger charge is -2.20. The van der Waals surface area contributed by atoms with E-state index < -0.39 is 23.4 Å². The Morgan fingerprint density at radius 2 is 1.80 bits per heavy atom. The predicted molar refractivity (Wildman–Crippen MR) is 153 cm³/mol. The molecule has 12 heteroatoms. The number of Topliss-reactive ketones (excluding diaryl/α,β-unsaturated/α-hetero) is 1. The Kier molecular flexibility index (Phi) is 9.32. The van der Waals surface area contributed by atoms with E-state index in [4.69, 9.17) is 26.6 Å². The van der Waals surface area contributed by atoms with Gasteiger partial charge in [0.25, 0.3) is 5.91 Å². The summed E-state index contributed by atoms with van der Waals surface area (Å²) in [5.74, 6) is -1.69. The number of nitrogens with two attached hydrogens (primary N) is 1. The molecule has 10 nitrogen and oxygen atoms in total. The largest absolute Gasteiger partial charge is 0.444 e. The van der Waals surface area contributed by atoms with E-state index in [1.165, 1.54) is 16.8 Å². The van der Waals surface area contributed by atoms with Crippen molar-refractivity contribution in [2.75, 3.05) is 5.32 Å². The van der Waals surface area contributed by atoms with Crippen molar-refractivity contribution in [1.82, 2.24) is 14.9 Å². The quantitative estimate of drug-likeness (QED) is 0.298. The van der Waals surface area contributed by atoms with E-state index in [9.17, 15) is 14.4 Å². The van der Waals surface area contributed by atoms with Crippen LogP contribution in [0.5, 0.6) is 0 Å². The van der Waals surface area contributed by atoms with Crippen LogP contribution in [0.1, 0.15) is 88.8 Å². The van der Waals surface area contributed by atoms with Crippen LogP contribution in [-0.4, -0.2) is 38.3 Å². The summed E-state index contributed by atoms with van der Waals surface area (Å²) in [6, 6.07) is 4.26. The summed E-state index contributed by atoms with van der Waals surface area (Å²) in [4.78, 5) is 37.8. The zero-order valence-electron chi connectivity index (χ0n) is 24.6. The number of carbonyl (C=O) groups is 3. The Hall–Kier alpha value is -3.73. The van der Waals surface area contributed by atoms with Crippen LogP contribution in [-0.2, 0) is 28.8 Å². The molecule has 0 saturated carbocycles. The lowest BCUT2D eigenvalue weighted by molar-refractivity contribution is -0.118. The highest BCUT2D eigenvalue weighted by Gasteiger charge is 2.30. The van der Waals surface area contributed by atoms with Gasteiger partial charge in [0.2, 0.25) is 0 Å². The number of carbonyl (C=O) groups excluding carboxylic acids is 3. The van der Waals surface area contributed by atoms with Crippen LogP contribution in [0.2, 0.25) is 5.02 Å². The van der Waals surface area contributed by atoms with Crippen LogP contribution in [0.4, 0.5) is 15.0 Å². The Bertz CT molecular complexity index is 1460. The summed E-state index contributed by atoms with van der Waals surface area (Å²) in [5.41, 5.74) is 5.44. The number of halogens is 2. The normalized spacial score (nSPS) is 12.1. The molecule has 0 fully saturated rings.